The van der Waals surface area contributed by atoms with Crippen LogP contribution in [0.15, 0.2) is 28.7 Å². The van der Waals surface area contributed by atoms with Gasteiger partial charge < -0.3 is 8.84 Å². The summed E-state index contributed by atoms with van der Waals surface area (Å²) >= 11 is 0. The van der Waals surface area contributed by atoms with Gasteiger partial charge in [0, 0.05) is 6.92 Å². The molecular formula is C20H31FNO2PSi. The van der Waals surface area contributed by atoms with E-state index < -0.39 is 16.2 Å². The first-order valence-electron chi connectivity index (χ1n) is 9.19. The highest BCUT2D eigenvalue weighted by molar-refractivity contribution is 7.59. The molecule has 0 amide bonds. The summed E-state index contributed by atoms with van der Waals surface area (Å²) in [4.78, 5) is 4.73. The van der Waals surface area contributed by atoms with Crippen molar-refractivity contribution in [2.45, 2.75) is 71.2 Å². The lowest BCUT2D eigenvalue weighted by atomic mass is 10.1. The lowest BCUT2D eigenvalue weighted by Gasteiger charge is -2.34. The van der Waals surface area contributed by atoms with Crippen molar-refractivity contribution in [3.63, 3.8) is 0 Å². The van der Waals surface area contributed by atoms with Gasteiger partial charge in [0.25, 0.3) is 5.95 Å². The predicted molar refractivity (Wildman–Crippen MR) is 111 cm³/mol. The van der Waals surface area contributed by atoms with Crippen LogP contribution in [0.3, 0.4) is 0 Å². The van der Waals surface area contributed by atoms with Crippen molar-refractivity contribution >= 4 is 16.2 Å². The van der Waals surface area contributed by atoms with Crippen LogP contribution in [0.1, 0.15) is 50.5 Å². The molecule has 3 nitrogen and oxygen atoms in total. The van der Waals surface area contributed by atoms with Crippen LogP contribution in [-0.4, -0.2) is 24.6 Å². The molecule has 6 heteroatoms. The average molecular weight is 396 g/mol. The molecule has 1 aromatic carbocycles. The van der Waals surface area contributed by atoms with Crippen molar-refractivity contribution in [3.8, 4) is 5.95 Å². The van der Waals surface area contributed by atoms with Crippen LogP contribution in [0.4, 0.5) is 4.39 Å². The van der Waals surface area contributed by atoms with Gasteiger partial charge in [0.15, 0.2) is 5.89 Å². The highest BCUT2D eigenvalue weighted by Crippen LogP contribution is 2.62. The van der Waals surface area contributed by atoms with Crippen LogP contribution in [-0.2, 0) is 0 Å². The van der Waals surface area contributed by atoms with Crippen molar-refractivity contribution in [2.75, 3.05) is 0 Å². The fourth-order valence-electron chi connectivity index (χ4n) is 3.26. The second-order valence-electron chi connectivity index (χ2n) is 8.21. The smallest absolute Gasteiger partial charge is 0.295 e. The zero-order valence-electron chi connectivity index (χ0n) is 17.1. The molecule has 0 radical (unpaired) electrons. The molecule has 0 fully saturated rings. The first-order chi connectivity index (χ1) is 12.0. The van der Waals surface area contributed by atoms with E-state index in [1.807, 2.05) is 19.1 Å². The predicted octanol–water partition coefficient (Wildman–Crippen LogP) is 6.72. The molecule has 144 valence electrons. The van der Waals surface area contributed by atoms with Crippen LogP contribution in [0.25, 0.3) is 0 Å². The van der Waals surface area contributed by atoms with Gasteiger partial charge in [-0.1, -0.05) is 47.7 Å². The van der Waals surface area contributed by atoms with Crippen molar-refractivity contribution < 1.29 is 13.2 Å². The number of hydrogen-bond acceptors (Lipinski definition) is 3. The standard InChI is InChI=1S/C20H31FNO2PSi/c1-13(2)25(14(3)4)19(16-9-11-17(21)12-10-16)18-20(23-15(5)22-18)24-26(6,7)8/h9-14,19H,1-8H3. The third kappa shape index (κ3) is 5.17. The maximum Gasteiger partial charge on any atom is 0.295 e. The highest BCUT2D eigenvalue weighted by Gasteiger charge is 2.36. The molecule has 2 rings (SSSR count). The lowest BCUT2D eigenvalue weighted by molar-refractivity contribution is 0.369. The van der Waals surface area contributed by atoms with Crippen molar-refractivity contribution in [3.05, 3.63) is 47.2 Å². The maximum absolute atomic E-state index is 13.5. The minimum atomic E-state index is -1.85. The van der Waals surface area contributed by atoms with E-state index in [1.165, 1.54) is 12.1 Å². The summed E-state index contributed by atoms with van der Waals surface area (Å²) < 4.78 is 25.6. The minimum absolute atomic E-state index is 0.0643. The molecule has 0 aliphatic rings. The fraction of sp³-hybridized carbons (Fsp3) is 0.550. The van der Waals surface area contributed by atoms with Gasteiger partial charge >= 0.3 is 0 Å². The second-order valence-corrected chi connectivity index (χ2v) is 16.1. The SMILES string of the molecule is Cc1nc(C(c2ccc(F)cc2)P(C(C)C)C(C)C)c(O[Si](C)(C)C)o1. The summed E-state index contributed by atoms with van der Waals surface area (Å²) in [7, 11) is -2.31. The number of aromatic nitrogens is 1. The molecule has 1 aromatic heterocycles. The maximum atomic E-state index is 13.5. The quantitative estimate of drug-likeness (QED) is 0.385. The summed E-state index contributed by atoms with van der Waals surface area (Å²) in [6.07, 6.45) is 0. The third-order valence-corrected chi connectivity index (χ3v) is 8.38. The Hall–Kier alpha value is -1.19. The first kappa shape index (κ1) is 21.1. The molecule has 2 aromatic rings. The summed E-state index contributed by atoms with van der Waals surface area (Å²) in [5.41, 5.74) is 3.00. The zero-order valence-corrected chi connectivity index (χ0v) is 19.0. The van der Waals surface area contributed by atoms with E-state index in [0.29, 0.717) is 23.2 Å². The average Bonchev–Trinajstić information content (AvgIpc) is 2.83. The molecular weight excluding hydrogens is 364 g/mol. The summed E-state index contributed by atoms with van der Waals surface area (Å²) in [5.74, 6) is 0.938. The summed E-state index contributed by atoms with van der Waals surface area (Å²) in [6.45, 7) is 17.3. The van der Waals surface area contributed by atoms with Crippen LogP contribution >= 0.6 is 7.92 Å². The van der Waals surface area contributed by atoms with Gasteiger partial charge in [-0.3, -0.25) is 0 Å². The number of aryl methyl sites for hydroxylation is 1. The number of nitrogens with zero attached hydrogens (tertiary/aromatic N) is 1. The van der Waals surface area contributed by atoms with Crippen LogP contribution < -0.4 is 4.43 Å². The Bertz CT molecular complexity index is 714. The van der Waals surface area contributed by atoms with Crippen molar-refractivity contribution in [1.82, 2.24) is 4.98 Å². The normalized spacial score (nSPS) is 13.7. The number of benzene rings is 1. The molecule has 0 saturated heterocycles. The Labute approximate surface area is 159 Å². The van der Waals surface area contributed by atoms with Gasteiger partial charge in [-0.2, -0.15) is 0 Å². The van der Waals surface area contributed by atoms with E-state index in [4.69, 9.17) is 13.8 Å². The van der Waals surface area contributed by atoms with Crippen LogP contribution in [0, 0.1) is 12.7 Å². The van der Waals surface area contributed by atoms with Gasteiger partial charge in [0.2, 0.25) is 8.32 Å². The first-order valence-corrected chi connectivity index (χ1v) is 14.1. The Balaban J connectivity index is 2.63. The van der Waals surface area contributed by atoms with E-state index >= 15 is 0 Å². The zero-order chi connectivity index (χ0) is 19.6. The molecule has 26 heavy (non-hydrogen) atoms. The van der Waals surface area contributed by atoms with E-state index in [9.17, 15) is 4.39 Å². The number of hydrogen-bond donors (Lipinski definition) is 0. The van der Waals surface area contributed by atoms with Gasteiger partial charge in [0.05, 0.1) is 5.66 Å². The fourth-order valence-corrected chi connectivity index (χ4v) is 7.31. The van der Waals surface area contributed by atoms with Gasteiger partial charge in [-0.15, -0.1) is 0 Å². The number of oxazole rings is 1. The number of rotatable bonds is 7. The van der Waals surface area contributed by atoms with E-state index in [2.05, 4.69) is 47.3 Å². The molecule has 0 spiro atoms. The minimum Gasteiger partial charge on any atom is -0.518 e. The molecule has 0 aliphatic heterocycles. The highest BCUT2D eigenvalue weighted by atomic mass is 31.1. The molecule has 0 bridgehead atoms. The molecule has 1 atom stereocenters. The van der Waals surface area contributed by atoms with E-state index in [-0.39, 0.29) is 11.5 Å². The second kappa shape index (κ2) is 8.22. The van der Waals surface area contributed by atoms with Crippen molar-refractivity contribution in [2.24, 2.45) is 0 Å². The lowest BCUT2D eigenvalue weighted by Crippen LogP contribution is -2.29. The molecule has 0 aliphatic carbocycles. The monoisotopic (exact) mass is 395 g/mol. The summed E-state index contributed by atoms with van der Waals surface area (Å²) in [6, 6.07) is 6.82. The molecule has 1 heterocycles. The summed E-state index contributed by atoms with van der Waals surface area (Å²) in [5, 5.41) is 0. The van der Waals surface area contributed by atoms with E-state index in [0.717, 1.165) is 11.3 Å². The Morgan fingerprint density at radius 3 is 2.04 bits per heavy atom. The van der Waals surface area contributed by atoms with Gasteiger partial charge in [-0.05, 0) is 48.7 Å². The third-order valence-electron chi connectivity index (χ3n) is 4.06. The molecule has 0 N–H and O–H groups in total. The largest absolute Gasteiger partial charge is 0.518 e. The Kier molecular flexibility index (Phi) is 6.68. The van der Waals surface area contributed by atoms with Crippen molar-refractivity contribution in [1.29, 1.82) is 0 Å². The van der Waals surface area contributed by atoms with E-state index in [1.54, 1.807) is 0 Å². The molecule has 1 unspecified atom stereocenters. The molecule has 0 saturated carbocycles. The van der Waals surface area contributed by atoms with Gasteiger partial charge in [0.1, 0.15) is 11.5 Å². The van der Waals surface area contributed by atoms with Crippen LogP contribution in [0.5, 0.6) is 5.95 Å². The van der Waals surface area contributed by atoms with Crippen LogP contribution in [0.2, 0.25) is 19.6 Å². The number of halogens is 1. The Morgan fingerprint density at radius 1 is 1.04 bits per heavy atom. The topological polar surface area (TPSA) is 35.3 Å². The van der Waals surface area contributed by atoms with Gasteiger partial charge in [-0.25, -0.2) is 9.37 Å². The Morgan fingerprint density at radius 2 is 1.58 bits per heavy atom.